The first kappa shape index (κ1) is 17.4. The summed E-state index contributed by atoms with van der Waals surface area (Å²) in [5, 5.41) is 0. The Balaban J connectivity index is 1.84. The van der Waals surface area contributed by atoms with E-state index in [0.717, 1.165) is 11.3 Å². The zero-order chi connectivity index (χ0) is 19.1. The van der Waals surface area contributed by atoms with Crippen molar-refractivity contribution in [1.82, 2.24) is 0 Å². The van der Waals surface area contributed by atoms with Crippen molar-refractivity contribution in [2.24, 2.45) is 11.8 Å². The monoisotopic (exact) mass is 360 g/mol. The fraction of sp³-hybridized carbons (Fsp3) is 0.261. The van der Waals surface area contributed by atoms with Gasteiger partial charge < -0.3 is 4.74 Å². The predicted molar refractivity (Wildman–Crippen MR) is 101 cm³/mol. The third kappa shape index (κ3) is 2.72. The second kappa shape index (κ2) is 6.62. The summed E-state index contributed by atoms with van der Waals surface area (Å²) in [4.78, 5) is 38.9. The fourth-order valence-corrected chi connectivity index (χ4v) is 4.21. The maximum absolute atomic E-state index is 13.3. The largest absolute Gasteiger partial charge is 0.496 e. The molecule has 2 unspecified atom stereocenters. The lowest BCUT2D eigenvalue weighted by Crippen LogP contribution is -2.38. The summed E-state index contributed by atoms with van der Waals surface area (Å²) in [6.07, 6.45) is 0.523. The van der Waals surface area contributed by atoms with Gasteiger partial charge in [-0.3, -0.25) is 14.4 Å². The highest BCUT2D eigenvalue weighted by molar-refractivity contribution is 6.28. The van der Waals surface area contributed by atoms with Crippen LogP contribution in [-0.4, -0.2) is 24.5 Å². The maximum Gasteiger partial charge on any atom is 0.190 e. The van der Waals surface area contributed by atoms with Crippen LogP contribution in [0.15, 0.2) is 59.7 Å². The summed E-state index contributed by atoms with van der Waals surface area (Å²) in [5.74, 6) is -0.239. The molecule has 0 N–H and O–H groups in total. The van der Waals surface area contributed by atoms with Crippen molar-refractivity contribution in [3.63, 3.8) is 0 Å². The number of ether oxygens (including phenoxy) is 1. The highest BCUT2D eigenvalue weighted by Crippen LogP contribution is 2.42. The van der Waals surface area contributed by atoms with Crippen LogP contribution in [0.1, 0.15) is 39.6 Å². The Morgan fingerprint density at radius 2 is 1.56 bits per heavy atom. The minimum Gasteiger partial charge on any atom is -0.496 e. The minimum atomic E-state index is -0.331. The van der Waals surface area contributed by atoms with Crippen molar-refractivity contribution in [1.29, 1.82) is 0 Å². The molecular formula is C23H20O4. The van der Waals surface area contributed by atoms with E-state index < -0.39 is 0 Å². The van der Waals surface area contributed by atoms with Gasteiger partial charge in [0, 0.05) is 40.5 Å². The van der Waals surface area contributed by atoms with E-state index in [-0.39, 0.29) is 35.6 Å². The molecule has 2 aromatic rings. The summed E-state index contributed by atoms with van der Waals surface area (Å²) in [5.41, 5.74) is 2.66. The Morgan fingerprint density at radius 1 is 0.926 bits per heavy atom. The van der Waals surface area contributed by atoms with E-state index in [9.17, 15) is 14.4 Å². The number of rotatable bonds is 3. The normalized spacial score (nSPS) is 21.8. The number of carbonyl (C=O) groups excluding carboxylic acids is 3. The molecule has 27 heavy (non-hydrogen) atoms. The van der Waals surface area contributed by atoms with Gasteiger partial charge in [0.05, 0.1) is 7.11 Å². The highest BCUT2D eigenvalue weighted by Gasteiger charge is 2.43. The Hall–Kier alpha value is -3.01. The van der Waals surface area contributed by atoms with Crippen LogP contribution in [0.5, 0.6) is 5.75 Å². The minimum absolute atomic E-state index is 0.00850. The summed E-state index contributed by atoms with van der Waals surface area (Å²) >= 11 is 0. The smallest absolute Gasteiger partial charge is 0.190 e. The molecule has 2 aliphatic rings. The SMILES string of the molecule is COc1ccccc1CC1C2=C(CC(=O)C1C)C(=O)c1ccccc1C2=O. The first-order valence-electron chi connectivity index (χ1n) is 9.09. The predicted octanol–water partition coefficient (Wildman–Crippen LogP) is 3.84. The molecule has 4 nitrogen and oxygen atoms in total. The highest BCUT2D eigenvalue weighted by atomic mass is 16.5. The first-order valence-corrected chi connectivity index (χ1v) is 9.09. The summed E-state index contributed by atoms with van der Waals surface area (Å²) in [6.45, 7) is 1.85. The van der Waals surface area contributed by atoms with Gasteiger partial charge in [-0.15, -0.1) is 0 Å². The average Bonchev–Trinajstić information content (AvgIpc) is 2.69. The zero-order valence-corrected chi connectivity index (χ0v) is 15.3. The molecule has 4 heteroatoms. The van der Waals surface area contributed by atoms with E-state index in [1.165, 1.54) is 0 Å². The van der Waals surface area contributed by atoms with Gasteiger partial charge >= 0.3 is 0 Å². The number of methoxy groups -OCH3 is 1. The number of para-hydroxylation sites is 1. The molecule has 2 atom stereocenters. The molecule has 0 heterocycles. The molecule has 0 aliphatic heterocycles. The molecule has 0 fully saturated rings. The van der Waals surface area contributed by atoms with E-state index in [0.29, 0.717) is 28.7 Å². The standard InChI is InChI=1S/C23H20O4/c1-13-17(11-14-7-3-6-10-20(14)27-2)21-18(12-19(13)24)22(25)15-8-4-5-9-16(15)23(21)26/h3-10,13,17H,11-12H2,1-2H3. The van der Waals surface area contributed by atoms with Crippen LogP contribution in [0.2, 0.25) is 0 Å². The van der Waals surface area contributed by atoms with E-state index in [4.69, 9.17) is 4.74 Å². The Labute approximate surface area is 157 Å². The molecule has 2 aliphatic carbocycles. The van der Waals surface area contributed by atoms with Crippen molar-refractivity contribution >= 4 is 17.3 Å². The molecule has 0 bridgehead atoms. The van der Waals surface area contributed by atoms with Crippen LogP contribution < -0.4 is 4.74 Å². The Morgan fingerprint density at radius 3 is 2.26 bits per heavy atom. The van der Waals surface area contributed by atoms with E-state index in [1.54, 1.807) is 31.4 Å². The van der Waals surface area contributed by atoms with Gasteiger partial charge in [-0.25, -0.2) is 0 Å². The van der Waals surface area contributed by atoms with Crippen molar-refractivity contribution < 1.29 is 19.1 Å². The van der Waals surface area contributed by atoms with Gasteiger partial charge in [0.25, 0.3) is 0 Å². The molecule has 4 rings (SSSR count). The van der Waals surface area contributed by atoms with Crippen molar-refractivity contribution in [3.05, 3.63) is 76.4 Å². The van der Waals surface area contributed by atoms with E-state index in [2.05, 4.69) is 0 Å². The summed E-state index contributed by atoms with van der Waals surface area (Å²) < 4.78 is 5.44. The molecule has 0 amide bonds. The number of fused-ring (bicyclic) bond motifs is 1. The number of benzene rings is 2. The van der Waals surface area contributed by atoms with Gasteiger partial charge in [0.2, 0.25) is 0 Å². The van der Waals surface area contributed by atoms with Gasteiger partial charge in [-0.1, -0.05) is 49.4 Å². The van der Waals surface area contributed by atoms with Crippen LogP contribution >= 0.6 is 0 Å². The molecule has 136 valence electrons. The number of hydrogen-bond acceptors (Lipinski definition) is 4. The lowest BCUT2D eigenvalue weighted by Gasteiger charge is -2.34. The summed E-state index contributed by atoms with van der Waals surface area (Å²) in [6, 6.07) is 14.5. The van der Waals surface area contributed by atoms with Crippen LogP contribution in [-0.2, 0) is 11.2 Å². The lowest BCUT2D eigenvalue weighted by atomic mass is 9.66. The lowest BCUT2D eigenvalue weighted by molar-refractivity contribution is -0.123. The topological polar surface area (TPSA) is 60.4 Å². The zero-order valence-electron chi connectivity index (χ0n) is 15.3. The van der Waals surface area contributed by atoms with Crippen LogP contribution in [0.4, 0.5) is 0 Å². The van der Waals surface area contributed by atoms with Crippen molar-refractivity contribution in [2.75, 3.05) is 7.11 Å². The van der Waals surface area contributed by atoms with E-state index >= 15 is 0 Å². The van der Waals surface area contributed by atoms with Gasteiger partial charge in [-0.05, 0) is 18.1 Å². The first-order chi connectivity index (χ1) is 13.0. The number of Topliss-reactive ketones (excluding diaryl/α,β-unsaturated/α-hetero) is 3. The molecular weight excluding hydrogens is 340 g/mol. The van der Waals surface area contributed by atoms with Gasteiger partial charge in [0.1, 0.15) is 11.5 Å². The second-order valence-electron chi connectivity index (χ2n) is 7.15. The number of hydrogen-bond donors (Lipinski definition) is 0. The van der Waals surface area contributed by atoms with Crippen LogP contribution in [0, 0.1) is 11.8 Å². The van der Waals surface area contributed by atoms with Crippen LogP contribution in [0.3, 0.4) is 0 Å². The summed E-state index contributed by atoms with van der Waals surface area (Å²) in [7, 11) is 1.60. The average molecular weight is 360 g/mol. The molecule has 0 saturated carbocycles. The van der Waals surface area contributed by atoms with E-state index in [1.807, 2.05) is 31.2 Å². The molecule has 2 aromatic carbocycles. The number of allylic oxidation sites excluding steroid dienone is 2. The molecule has 0 aromatic heterocycles. The second-order valence-corrected chi connectivity index (χ2v) is 7.15. The third-order valence-corrected chi connectivity index (χ3v) is 5.73. The fourth-order valence-electron chi connectivity index (χ4n) is 4.21. The van der Waals surface area contributed by atoms with Gasteiger partial charge in [0.15, 0.2) is 11.6 Å². The van der Waals surface area contributed by atoms with Crippen LogP contribution in [0.25, 0.3) is 0 Å². The maximum atomic E-state index is 13.3. The Bertz CT molecular complexity index is 999. The number of carbonyl (C=O) groups is 3. The van der Waals surface area contributed by atoms with Crippen molar-refractivity contribution in [2.45, 2.75) is 19.8 Å². The molecule has 0 spiro atoms. The molecule has 0 saturated heterocycles. The quantitative estimate of drug-likeness (QED) is 0.834. The third-order valence-electron chi connectivity index (χ3n) is 5.73. The van der Waals surface area contributed by atoms with Crippen molar-refractivity contribution in [3.8, 4) is 5.75 Å². The number of ketones is 3. The van der Waals surface area contributed by atoms with Gasteiger partial charge in [-0.2, -0.15) is 0 Å². The molecule has 0 radical (unpaired) electrons. The Kier molecular flexibility index (Phi) is 4.27.